The van der Waals surface area contributed by atoms with Gasteiger partial charge in [-0.05, 0) is 24.6 Å². The van der Waals surface area contributed by atoms with E-state index in [2.05, 4.69) is 37.1 Å². The van der Waals surface area contributed by atoms with E-state index in [1.54, 1.807) is 0 Å². The SMILES string of the molecule is Cc1cccc(N2CC(C)C(N)=N2)c1. The maximum atomic E-state index is 5.75. The minimum Gasteiger partial charge on any atom is -0.385 e. The lowest BCUT2D eigenvalue weighted by Gasteiger charge is -2.14. The van der Waals surface area contributed by atoms with Crippen LogP contribution in [0.5, 0.6) is 0 Å². The minimum atomic E-state index is 0.357. The van der Waals surface area contributed by atoms with Gasteiger partial charge in [0.2, 0.25) is 0 Å². The summed E-state index contributed by atoms with van der Waals surface area (Å²) in [5.74, 6) is 1.09. The second-order valence-electron chi connectivity index (χ2n) is 3.85. The number of nitrogens with two attached hydrogens (primary N) is 1. The first-order chi connectivity index (χ1) is 6.66. The Hall–Kier alpha value is -1.51. The topological polar surface area (TPSA) is 41.6 Å². The lowest BCUT2D eigenvalue weighted by atomic mass is 10.1. The molecule has 1 atom stereocenters. The standard InChI is InChI=1S/C11H15N3/c1-8-4-3-5-10(6-8)14-7-9(2)11(12)13-14/h3-6,9H,7H2,1-2H3,(H2,12,13). The van der Waals surface area contributed by atoms with Crippen LogP contribution in [0.1, 0.15) is 12.5 Å². The van der Waals surface area contributed by atoms with E-state index in [9.17, 15) is 0 Å². The molecule has 2 rings (SSSR count). The van der Waals surface area contributed by atoms with Gasteiger partial charge in [0.25, 0.3) is 0 Å². The molecular weight excluding hydrogens is 174 g/mol. The van der Waals surface area contributed by atoms with Crippen LogP contribution in [0.2, 0.25) is 0 Å². The Morgan fingerprint density at radius 2 is 2.29 bits per heavy atom. The van der Waals surface area contributed by atoms with Crippen molar-refractivity contribution in [1.82, 2.24) is 0 Å². The van der Waals surface area contributed by atoms with Crippen molar-refractivity contribution in [2.75, 3.05) is 11.6 Å². The minimum absolute atomic E-state index is 0.357. The zero-order valence-electron chi connectivity index (χ0n) is 8.57. The van der Waals surface area contributed by atoms with Crippen LogP contribution in [-0.4, -0.2) is 12.4 Å². The van der Waals surface area contributed by atoms with Crippen molar-refractivity contribution in [3.63, 3.8) is 0 Å². The molecule has 14 heavy (non-hydrogen) atoms. The number of nitrogens with zero attached hydrogens (tertiary/aromatic N) is 2. The van der Waals surface area contributed by atoms with Gasteiger partial charge < -0.3 is 5.73 Å². The van der Waals surface area contributed by atoms with Crippen LogP contribution in [0.15, 0.2) is 29.4 Å². The predicted octanol–water partition coefficient (Wildman–Crippen LogP) is 1.72. The molecule has 74 valence electrons. The van der Waals surface area contributed by atoms with Gasteiger partial charge in [0.15, 0.2) is 0 Å². The molecule has 0 bridgehead atoms. The summed E-state index contributed by atoms with van der Waals surface area (Å²) in [6.07, 6.45) is 0. The van der Waals surface area contributed by atoms with Crippen molar-refractivity contribution in [1.29, 1.82) is 0 Å². The van der Waals surface area contributed by atoms with Gasteiger partial charge in [-0.2, -0.15) is 5.10 Å². The van der Waals surface area contributed by atoms with Crippen LogP contribution < -0.4 is 10.7 Å². The highest BCUT2D eigenvalue weighted by atomic mass is 15.5. The van der Waals surface area contributed by atoms with E-state index < -0.39 is 0 Å². The van der Waals surface area contributed by atoms with E-state index in [4.69, 9.17) is 5.73 Å². The van der Waals surface area contributed by atoms with Crippen molar-refractivity contribution < 1.29 is 0 Å². The summed E-state index contributed by atoms with van der Waals surface area (Å²) >= 11 is 0. The first-order valence-electron chi connectivity index (χ1n) is 4.85. The van der Waals surface area contributed by atoms with Crippen molar-refractivity contribution in [3.05, 3.63) is 29.8 Å². The number of hydrazone groups is 1. The Balaban J connectivity index is 2.26. The van der Waals surface area contributed by atoms with Crippen molar-refractivity contribution >= 4 is 11.5 Å². The molecule has 2 N–H and O–H groups in total. The van der Waals surface area contributed by atoms with Crippen LogP contribution in [0.4, 0.5) is 5.69 Å². The molecule has 1 aliphatic rings. The Kier molecular flexibility index (Phi) is 2.15. The number of hydrogen-bond acceptors (Lipinski definition) is 3. The molecule has 1 unspecified atom stereocenters. The smallest absolute Gasteiger partial charge is 0.124 e. The van der Waals surface area contributed by atoms with E-state index in [0.29, 0.717) is 5.92 Å². The van der Waals surface area contributed by atoms with Gasteiger partial charge in [0, 0.05) is 5.92 Å². The average Bonchev–Trinajstić information content (AvgIpc) is 2.47. The van der Waals surface area contributed by atoms with Gasteiger partial charge in [-0.15, -0.1) is 0 Å². The summed E-state index contributed by atoms with van der Waals surface area (Å²) in [5.41, 5.74) is 8.12. The fourth-order valence-corrected chi connectivity index (χ4v) is 1.58. The summed E-state index contributed by atoms with van der Waals surface area (Å²) < 4.78 is 0. The fourth-order valence-electron chi connectivity index (χ4n) is 1.58. The first kappa shape index (κ1) is 9.06. The quantitative estimate of drug-likeness (QED) is 0.731. The van der Waals surface area contributed by atoms with E-state index >= 15 is 0 Å². The number of benzene rings is 1. The molecule has 1 aliphatic heterocycles. The number of hydrogen-bond donors (Lipinski definition) is 1. The predicted molar refractivity (Wildman–Crippen MR) is 59.3 cm³/mol. The second-order valence-corrected chi connectivity index (χ2v) is 3.85. The molecule has 1 heterocycles. The molecule has 0 fully saturated rings. The fraction of sp³-hybridized carbons (Fsp3) is 0.364. The average molecular weight is 189 g/mol. The van der Waals surface area contributed by atoms with Crippen LogP contribution in [0, 0.1) is 12.8 Å². The van der Waals surface area contributed by atoms with Crippen LogP contribution in [0.3, 0.4) is 0 Å². The van der Waals surface area contributed by atoms with Gasteiger partial charge in [-0.25, -0.2) is 0 Å². The number of rotatable bonds is 1. The molecule has 0 saturated carbocycles. The monoisotopic (exact) mass is 189 g/mol. The van der Waals surface area contributed by atoms with Gasteiger partial charge >= 0.3 is 0 Å². The summed E-state index contributed by atoms with van der Waals surface area (Å²) in [5, 5.41) is 6.27. The third-order valence-corrected chi connectivity index (χ3v) is 2.49. The second kappa shape index (κ2) is 3.33. The van der Waals surface area contributed by atoms with Gasteiger partial charge in [-0.3, -0.25) is 5.01 Å². The Morgan fingerprint density at radius 3 is 2.86 bits per heavy atom. The Morgan fingerprint density at radius 1 is 1.50 bits per heavy atom. The molecule has 3 nitrogen and oxygen atoms in total. The van der Waals surface area contributed by atoms with E-state index in [1.165, 1.54) is 5.56 Å². The highest BCUT2D eigenvalue weighted by molar-refractivity contribution is 5.86. The molecule has 0 aliphatic carbocycles. The number of amidine groups is 1. The maximum Gasteiger partial charge on any atom is 0.124 e. The van der Waals surface area contributed by atoms with Crippen LogP contribution in [-0.2, 0) is 0 Å². The molecule has 0 radical (unpaired) electrons. The zero-order valence-corrected chi connectivity index (χ0v) is 8.57. The Labute approximate surface area is 84.2 Å². The van der Waals surface area contributed by atoms with E-state index in [0.717, 1.165) is 18.1 Å². The Bertz CT molecular complexity index is 371. The van der Waals surface area contributed by atoms with Crippen molar-refractivity contribution in [2.45, 2.75) is 13.8 Å². The molecule has 0 aromatic heterocycles. The third-order valence-electron chi connectivity index (χ3n) is 2.49. The highest BCUT2D eigenvalue weighted by Gasteiger charge is 2.20. The molecule has 0 saturated heterocycles. The van der Waals surface area contributed by atoms with Gasteiger partial charge in [0.05, 0.1) is 12.2 Å². The van der Waals surface area contributed by atoms with E-state index in [1.807, 2.05) is 11.1 Å². The zero-order chi connectivity index (χ0) is 10.1. The summed E-state index contributed by atoms with van der Waals surface area (Å²) in [7, 11) is 0. The normalized spacial score (nSPS) is 21.1. The van der Waals surface area contributed by atoms with Crippen molar-refractivity contribution in [2.24, 2.45) is 16.8 Å². The summed E-state index contributed by atoms with van der Waals surface area (Å²) in [4.78, 5) is 0. The molecule has 1 aromatic carbocycles. The maximum absolute atomic E-state index is 5.75. The van der Waals surface area contributed by atoms with Crippen LogP contribution >= 0.6 is 0 Å². The molecule has 0 amide bonds. The lowest BCUT2D eigenvalue weighted by molar-refractivity contribution is 0.772. The number of anilines is 1. The van der Waals surface area contributed by atoms with E-state index in [-0.39, 0.29) is 0 Å². The molecular formula is C11H15N3. The third kappa shape index (κ3) is 1.58. The largest absolute Gasteiger partial charge is 0.385 e. The summed E-state index contributed by atoms with van der Waals surface area (Å²) in [6, 6.07) is 8.30. The van der Waals surface area contributed by atoms with Crippen molar-refractivity contribution in [3.8, 4) is 0 Å². The number of aryl methyl sites for hydroxylation is 1. The molecule has 3 heteroatoms. The van der Waals surface area contributed by atoms with Gasteiger partial charge in [0.1, 0.15) is 5.84 Å². The molecule has 1 aromatic rings. The molecule has 0 spiro atoms. The van der Waals surface area contributed by atoms with Gasteiger partial charge in [-0.1, -0.05) is 19.1 Å². The lowest BCUT2D eigenvalue weighted by Crippen LogP contribution is -2.20. The van der Waals surface area contributed by atoms with Crippen LogP contribution in [0.25, 0.3) is 0 Å². The first-order valence-corrected chi connectivity index (χ1v) is 4.85. The highest BCUT2D eigenvalue weighted by Crippen LogP contribution is 2.21. The summed E-state index contributed by atoms with van der Waals surface area (Å²) in [6.45, 7) is 5.06.